The number of amides is 1. The minimum absolute atomic E-state index is 0.140. The number of sulfone groups is 1. The summed E-state index contributed by atoms with van der Waals surface area (Å²) >= 11 is 0. The zero-order chi connectivity index (χ0) is 14.6. The second-order valence-corrected chi connectivity index (χ2v) is 6.79. The molecule has 1 saturated carbocycles. The van der Waals surface area contributed by atoms with Gasteiger partial charge >= 0.3 is 0 Å². The maximum absolute atomic E-state index is 11.9. The lowest BCUT2D eigenvalue weighted by atomic mass is 9.80. The zero-order valence-electron chi connectivity index (χ0n) is 11.0. The van der Waals surface area contributed by atoms with Crippen LogP contribution in [0.25, 0.3) is 0 Å². The average molecular weight is 295 g/mol. The molecule has 0 atom stereocenters. The third-order valence-corrected chi connectivity index (χ3v) is 4.77. The molecule has 1 fully saturated rings. The number of hydrogen-bond acceptors (Lipinski definition) is 4. The lowest BCUT2D eigenvalue weighted by Gasteiger charge is -2.36. The average Bonchev–Trinajstić information content (AvgIpc) is 2.42. The van der Waals surface area contributed by atoms with Crippen LogP contribution < -0.4 is 5.32 Å². The van der Waals surface area contributed by atoms with Gasteiger partial charge in [-0.2, -0.15) is 0 Å². The molecule has 1 aliphatic carbocycles. The molecule has 0 heterocycles. The van der Waals surface area contributed by atoms with Crippen molar-refractivity contribution >= 4 is 15.7 Å². The highest BCUT2D eigenvalue weighted by atomic mass is 32.2. The van der Waals surface area contributed by atoms with E-state index in [9.17, 15) is 18.3 Å². The fourth-order valence-corrected chi connectivity index (χ4v) is 2.91. The van der Waals surface area contributed by atoms with E-state index >= 15 is 0 Å². The Morgan fingerprint density at radius 3 is 2.50 bits per heavy atom. The lowest BCUT2D eigenvalue weighted by molar-refractivity contribution is -0.118. The summed E-state index contributed by atoms with van der Waals surface area (Å²) in [7, 11) is -3.60. The van der Waals surface area contributed by atoms with Gasteiger partial charge in [0.15, 0.2) is 9.84 Å². The molecule has 0 radical (unpaired) electrons. The molecule has 1 aliphatic rings. The van der Waals surface area contributed by atoms with Gasteiger partial charge in [-0.25, -0.2) is 8.42 Å². The maximum Gasteiger partial charge on any atom is 0.244 e. The van der Waals surface area contributed by atoms with E-state index in [-0.39, 0.29) is 11.4 Å². The molecule has 108 valence electrons. The molecule has 1 aromatic carbocycles. The van der Waals surface area contributed by atoms with Crippen LogP contribution in [0.5, 0.6) is 0 Å². The minimum atomic E-state index is -3.60. The van der Waals surface area contributed by atoms with Crippen molar-refractivity contribution in [3.8, 4) is 0 Å². The minimum Gasteiger partial charge on any atom is -0.388 e. The Morgan fingerprint density at radius 2 is 1.95 bits per heavy atom. The Bertz CT molecular complexity index is 603. The molecule has 1 aromatic rings. The lowest BCUT2D eigenvalue weighted by Crippen LogP contribution is -2.47. The summed E-state index contributed by atoms with van der Waals surface area (Å²) in [5.74, 6) is -0.523. The molecule has 2 N–H and O–H groups in total. The van der Waals surface area contributed by atoms with Crippen molar-refractivity contribution < 1.29 is 18.3 Å². The number of rotatable bonds is 5. The summed E-state index contributed by atoms with van der Waals surface area (Å²) in [6.07, 6.45) is 3.26. The van der Waals surface area contributed by atoms with E-state index in [0.29, 0.717) is 12.8 Å². The van der Waals surface area contributed by atoms with Crippen LogP contribution in [-0.2, 0) is 14.6 Å². The van der Waals surface area contributed by atoms with Crippen LogP contribution >= 0.6 is 0 Å². The topological polar surface area (TPSA) is 83.5 Å². The Morgan fingerprint density at radius 1 is 1.30 bits per heavy atom. The Hall–Kier alpha value is -1.66. The summed E-state index contributed by atoms with van der Waals surface area (Å²) in [4.78, 5) is 11.7. The number of carbonyl (C=O) groups is 1. The second-order valence-electron chi connectivity index (χ2n) is 4.96. The summed E-state index contributed by atoms with van der Waals surface area (Å²) in [5, 5.41) is 13.2. The molecule has 5 nitrogen and oxygen atoms in total. The van der Waals surface area contributed by atoms with Gasteiger partial charge in [0, 0.05) is 18.0 Å². The van der Waals surface area contributed by atoms with Crippen molar-refractivity contribution in [2.24, 2.45) is 0 Å². The summed E-state index contributed by atoms with van der Waals surface area (Å²) < 4.78 is 23.8. The van der Waals surface area contributed by atoms with Crippen LogP contribution in [-0.4, -0.2) is 31.6 Å². The van der Waals surface area contributed by atoms with Crippen LogP contribution in [0.1, 0.15) is 19.3 Å². The van der Waals surface area contributed by atoms with Crippen molar-refractivity contribution in [2.45, 2.75) is 29.8 Å². The fourth-order valence-electron chi connectivity index (χ4n) is 1.91. The van der Waals surface area contributed by atoms with Crippen LogP contribution in [0, 0.1) is 0 Å². The number of carbonyl (C=O) groups excluding carboxylic acids is 1. The SMILES string of the molecule is O=C(/C=C/S(=O)(=O)c1ccccc1)NCC1(O)CCC1. The first-order chi connectivity index (χ1) is 9.41. The highest BCUT2D eigenvalue weighted by Gasteiger charge is 2.34. The molecular formula is C14H17NO4S. The monoisotopic (exact) mass is 295 g/mol. The normalized spacial score (nSPS) is 17.6. The first kappa shape index (κ1) is 14.7. The van der Waals surface area contributed by atoms with Crippen molar-refractivity contribution in [2.75, 3.05) is 6.54 Å². The van der Waals surface area contributed by atoms with Crippen LogP contribution in [0.15, 0.2) is 46.7 Å². The molecule has 2 rings (SSSR count). The molecule has 0 unspecified atom stereocenters. The third kappa shape index (κ3) is 3.68. The van der Waals surface area contributed by atoms with Crippen molar-refractivity contribution in [1.29, 1.82) is 0 Å². The van der Waals surface area contributed by atoms with Crippen molar-refractivity contribution in [3.63, 3.8) is 0 Å². The summed E-state index contributed by atoms with van der Waals surface area (Å²) in [5.41, 5.74) is -0.818. The van der Waals surface area contributed by atoms with Gasteiger partial charge < -0.3 is 10.4 Å². The molecule has 0 spiro atoms. The van der Waals surface area contributed by atoms with Crippen LogP contribution in [0.4, 0.5) is 0 Å². The summed E-state index contributed by atoms with van der Waals surface area (Å²) in [6, 6.07) is 7.89. The smallest absolute Gasteiger partial charge is 0.244 e. The molecule has 0 aromatic heterocycles. The number of aliphatic hydroxyl groups is 1. The van der Waals surface area contributed by atoms with Gasteiger partial charge in [-0.15, -0.1) is 0 Å². The molecule has 0 saturated heterocycles. The molecule has 20 heavy (non-hydrogen) atoms. The molecule has 6 heteroatoms. The first-order valence-electron chi connectivity index (χ1n) is 6.40. The van der Waals surface area contributed by atoms with Crippen molar-refractivity contribution in [1.82, 2.24) is 5.32 Å². The highest BCUT2D eigenvalue weighted by Crippen LogP contribution is 2.30. The van der Waals surface area contributed by atoms with E-state index in [1.807, 2.05) is 0 Å². The highest BCUT2D eigenvalue weighted by molar-refractivity contribution is 7.94. The van der Waals surface area contributed by atoms with Gasteiger partial charge in [-0.05, 0) is 31.4 Å². The largest absolute Gasteiger partial charge is 0.388 e. The van der Waals surface area contributed by atoms with Crippen LogP contribution in [0.2, 0.25) is 0 Å². The van der Waals surface area contributed by atoms with Gasteiger partial charge in [0.2, 0.25) is 5.91 Å². The Kier molecular flexibility index (Phi) is 4.25. The first-order valence-corrected chi connectivity index (χ1v) is 7.94. The fraction of sp³-hybridized carbons (Fsp3) is 0.357. The van der Waals surface area contributed by atoms with E-state index in [1.165, 1.54) is 12.1 Å². The van der Waals surface area contributed by atoms with Gasteiger partial charge in [0.25, 0.3) is 0 Å². The van der Waals surface area contributed by atoms with Gasteiger partial charge in [-0.1, -0.05) is 18.2 Å². The summed E-state index contributed by atoms with van der Waals surface area (Å²) in [6.45, 7) is 0.154. The van der Waals surface area contributed by atoms with E-state index in [4.69, 9.17) is 0 Å². The van der Waals surface area contributed by atoms with Gasteiger partial charge in [0.05, 0.1) is 10.5 Å². The van der Waals surface area contributed by atoms with Crippen molar-refractivity contribution in [3.05, 3.63) is 41.8 Å². The predicted octanol–water partition coefficient (Wildman–Crippen LogP) is 1.01. The molecule has 1 amide bonds. The number of nitrogens with one attached hydrogen (secondary N) is 1. The Labute approximate surface area is 118 Å². The Balaban J connectivity index is 1.93. The van der Waals surface area contributed by atoms with Gasteiger partial charge in [-0.3, -0.25) is 4.79 Å². The van der Waals surface area contributed by atoms with E-state index in [0.717, 1.165) is 17.9 Å². The van der Waals surface area contributed by atoms with Gasteiger partial charge in [0.1, 0.15) is 0 Å². The zero-order valence-corrected chi connectivity index (χ0v) is 11.8. The quantitative estimate of drug-likeness (QED) is 0.794. The molecule has 0 aliphatic heterocycles. The van der Waals surface area contributed by atoms with E-state index in [1.54, 1.807) is 18.2 Å². The molecular weight excluding hydrogens is 278 g/mol. The third-order valence-electron chi connectivity index (χ3n) is 3.35. The van der Waals surface area contributed by atoms with Crippen LogP contribution in [0.3, 0.4) is 0 Å². The van der Waals surface area contributed by atoms with E-state index in [2.05, 4.69) is 5.32 Å². The predicted molar refractivity (Wildman–Crippen MR) is 74.6 cm³/mol. The van der Waals surface area contributed by atoms with E-state index < -0.39 is 21.3 Å². The second kappa shape index (κ2) is 5.76. The molecule has 0 bridgehead atoms. The number of hydrogen-bond donors (Lipinski definition) is 2. The maximum atomic E-state index is 11.9. The number of benzene rings is 1. The standard InChI is InChI=1S/C14H17NO4S/c16-13(15-11-14(17)8-4-9-14)7-10-20(18,19)12-5-2-1-3-6-12/h1-3,5-7,10,17H,4,8-9,11H2,(H,15,16)/b10-7+.